The number of nitrogens with two attached hydrogens (primary N) is 1. The molecule has 118 valence electrons. The summed E-state index contributed by atoms with van der Waals surface area (Å²) in [5.74, 6) is -0.460. The summed E-state index contributed by atoms with van der Waals surface area (Å²) in [7, 11) is 0. The van der Waals surface area contributed by atoms with Gasteiger partial charge in [-0.05, 0) is 65.1 Å². The Labute approximate surface area is 134 Å². The molecule has 21 heavy (non-hydrogen) atoms. The Kier molecular flexibility index (Phi) is 5.42. The van der Waals surface area contributed by atoms with Gasteiger partial charge in [0.1, 0.15) is 11.6 Å². The fourth-order valence-corrected chi connectivity index (χ4v) is 4.18. The molecule has 1 aromatic carbocycles. The van der Waals surface area contributed by atoms with Crippen molar-refractivity contribution in [3.63, 3.8) is 0 Å². The van der Waals surface area contributed by atoms with Gasteiger partial charge < -0.3 is 5.73 Å². The maximum absolute atomic E-state index is 14.2. The Morgan fingerprint density at radius 3 is 2.43 bits per heavy atom. The van der Waals surface area contributed by atoms with Crippen molar-refractivity contribution in [3.8, 4) is 0 Å². The summed E-state index contributed by atoms with van der Waals surface area (Å²) in [6, 6.07) is 2.51. The fourth-order valence-electron chi connectivity index (χ4n) is 3.81. The van der Waals surface area contributed by atoms with Crippen LogP contribution in [0.1, 0.15) is 51.5 Å². The molecule has 0 radical (unpaired) electrons. The zero-order valence-electron chi connectivity index (χ0n) is 12.8. The lowest BCUT2D eigenvalue weighted by molar-refractivity contribution is 0.180. The standard InChI is InChI=1S/C17H24BrF2N/c1-11(2)10-17(7-3-4-8-17)15(21)9-12-14(19)6-5-13(18)16(12)20/h5-6,11,15H,3-4,7-10,21H2,1-2H3. The molecule has 1 aliphatic carbocycles. The quantitative estimate of drug-likeness (QED) is 0.718. The van der Waals surface area contributed by atoms with Gasteiger partial charge in [0, 0.05) is 11.6 Å². The van der Waals surface area contributed by atoms with Gasteiger partial charge in [0.05, 0.1) is 4.47 Å². The topological polar surface area (TPSA) is 26.0 Å². The first-order chi connectivity index (χ1) is 9.85. The molecule has 0 spiro atoms. The van der Waals surface area contributed by atoms with Gasteiger partial charge in [0.15, 0.2) is 0 Å². The van der Waals surface area contributed by atoms with E-state index in [1.807, 2.05) is 0 Å². The predicted octanol–water partition coefficient (Wildman–Crippen LogP) is 5.20. The highest BCUT2D eigenvalue weighted by Crippen LogP contribution is 2.46. The fraction of sp³-hybridized carbons (Fsp3) is 0.647. The Hall–Kier alpha value is -0.480. The summed E-state index contributed by atoms with van der Waals surface area (Å²) in [5, 5.41) is 0. The van der Waals surface area contributed by atoms with E-state index in [4.69, 9.17) is 5.73 Å². The highest BCUT2D eigenvalue weighted by Gasteiger charge is 2.40. The molecule has 1 aromatic rings. The van der Waals surface area contributed by atoms with E-state index in [2.05, 4.69) is 29.8 Å². The minimum atomic E-state index is -0.511. The van der Waals surface area contributed by atoms with Crippen LogP contribution in [0, 0.1) is 23.0 Å². The average molecular weight is 360 g/mol. The number of hydrogen-bond donors (Lipinski definition) is 1. The molecule has 1 unspecified atom stereocenters. The molecule has 1 atom stereocenters. The van der Waals surface area contributed by atoms with Gasteiger partial charge in [0.25, 0.3) is 0 Å². The van der Waals surface area contributed by atoms with Crippen LogP contribution in [0.25, 0.3) is 0 Å². The van der Waals surface area contributed by atoms with Gasteiger partial charge in [-0.3, -0.25) is 0 Å². The SMILES string of the molecule is CC(C)CC1(C(N)Cc2c(F)ccc(Br)c2F)CCCC1. The van der Waals surface area contributed by atoms with Crippen molar-refractivity contribution in [2.45, 2.75) is 58.4 Å². The Bertz CT molecular complexity index is 496. The van der Waals surface area contributed by atoms with Crippen LogP contribution < -0.4 is 5.73 Å². The third kappa shape index (κ3) is 3.65. The lowest BCUT2D eigenvalue weighted by Gasteiger charge is -2.37. The van der Waals surface area contributed by atoms with Crippen molar-refractivity contribution in [1.29, 1.82) is 0 Å². The van der Waals surface area contributed by atoms with Crippen molar-refractivity contribution in [3.05, 3.63) is 33.8 Å². The first kappa shape index (κ1) is 16.9. The van der Waals surface area contributed by atoms with Crippen molar-refractivity contribution >= 4 is 15.9 Å². The van der Waals surface area contributed by atoms with Crippen LogP contribution in [0.3, 0.4) is 0 Å². The van der Waals surface area contributed by atoms with E-state index in [1.165, 1.54) is 25.0 Å². The molecule has 1 aliphatic rings. The second-order valence-electron chi connectivity index (χ2n) is 6.80. The number of rotatable bonds is 5. The molecule has 0 amide bonds. The molecule has 0 bridgehead atoms. The monoisotopic (exact) mass is 359 g/mol. The van der Waals surface area contributed by atoms with E-state index < -0.39 is 11.6 Å². The van der Waals surface area contributed by atoms with Gasteiger partial charge in [-0.15, -0.1) is 0 Å². The maximum atomic E-state index is 14.2. The molecular weight excluding hydrogens is 336 g/mol. The molecule has 0 aliphatic heterocycles. The van der Waals surface area contributed by atoms with E-state index in [-0.39, 0.29) is 23.4 Å². The lowest BCUT2D eigenvalue weighted by atomic mass is 9.71. The van der Waals surface area contributed by atoms with Gasteiger partial charge in [0.2, 0.25) is 0 Å². The number of benzene rings is 1. The highest BCUT2D eigenvalue weighted by molar-refractivity contribution is 9.10. The molecular formula is C17H24BrF2N. The molecule has 0 saturated heterocycles. The van der Waals surface area contributed by atoms with E-state index in [1.54, 1.807) is 0 Å². The van der Waals surface area contributed by atoms with Crippen LogP contribution in [-0.4, -0.2) is 6.04 Å². The molecule has 2 N–H and O–H groups in total. The van der Waals surface area contributed by atoms with Crippen LogP contribution in [0.2, 0.25) is 0 Å². The summed E-state index contributed by atoms with van der Waals surface area (Å²) >= 11 is 3.12. The molecule has 4 heteroatoms. The lowest BCUT2D eigenvalue weighted by Crippen LogP contribution is -2.42. The Morgan fingerprint density at radius 2 is 1.86 bits per heavy atom. The summed E-state index contributed by atoms with van der Waals surface area (Å²) in [4.78, 5) is 0. The van der Waals surface area contributed by atoms with Crippen LogP contribution in [0.15, 0.2) is 16.6 Å². The largest absolute Gasteiger partial charge is 0.327 e. The van der Waals surface area contributed by atoms with Gasteiger partial charge in [-0.1, -0.05) is 26.7 Å². The highest BCUT2D eigenvalue weighted by atomic mass is 79.9. The Morgan fingerprint density at radius 1 is 1.24 bits per heavy atom. The second-order valence-corrected chi connectivity index (χ2v) is 7.65. The van der Waals surface area contributed by atoms with Crippen LogP contribution in [0.5, 0.6) is 0 Å². The minimum absolute atomic E-state index is 0.0371. The maximum Gasteiger partial charge on any atom is 0.143 e. The van der Waals surface area contributed by atoms with Crippen molar-refractivity contribution < 1.29 is 8.78 Å². The third-order valence-electron chi connectivity index (χ3n) is 4.76. The summed E-state index contributed by atoms with van der Waals surface area (Å²) in [5.41, 5.74) is 6.59. The molecule has 0 heterocycles. The Balaban J connectivity index is 2.23. The summed E-state index contributed by atoms with van der Waals surface area (Å²) < 4.78 is 28.4. The van der Waals surface area contributed by atoms with E-state index in [0.29, 0.717) is 10.4 Å². The molecule has 2 rings (SSSR count). The van der Waals surface area contributed by atoms with Crippen molar-refractivity contribution in [2.75, 3.05) is 0 Å². The van der Waals surface area contributed by atoms with Crippen LogP contribution in [-0.2, 0) is 6.42 Å². The summed E-state index contributed by atoms with van der Waals surface area (Å²) in [6.45, 7) is 4.38. The molecule has 0 aromatic heterocycles. The van der Waals surface area contributed by atoms with Crippen LogP contribution >= 0.6 is 15.9 Å². The number of hydrogen-bond acceptors (Lipinski definition) is 1. The van der Waals surface area contributed by atoms with Gasteiger partial charge >= 0.3 is 0 Å². The smallest absolute Gasteiger partial charge is 0.143 e. The molecule has 1 saturated carbocycles. The van der Waals surface area contributed by atoms with Crippen molar-refractivity contribution in [2.24, 2.45) is 17.1 Å². The zero-order chi connectivity index (χ0) is 15.6. The van der Waals surface area contributed by atoms with E-state index in [9.17, 15) is 8.78 Å². The zero-order valence-corrected chi connectivity index (χ0v) is 14.3. The minimum Gasteiger partial charge on any atom is -0.327 e. The molecule has 1 fully saturated rings. The number of halogens is 3. The van der Waals surface area contributed by atoms with Gasteiger partial charge in [-0.2, -0.15) is 0 Å². The first-order valence-electron chi connectivity index (χ1n) is 7.74. The van der Waals surface area contributed by atoms with E-state index >= 15 is 0 Å². The second kappa shape index (κ2) is 6.74. The first-order valence-corrected chi connectivity index (χ1v) is 8.53. The summed E-state index contributed by atoms with van der Waals surface area (Å²) in [6.07, 6.45) is 5.79. The molecule has 1 nitrogen and oxygen atoms in total. The van der Waals surface area contributed by atoms with Crippen molar-refractivity contribution in [1.82, 2.24) is 0 Å². The average Bonchev–Trinajstić information content (AvgIpc) is 2.88. The normalized spacial score (nSPS) is 19.2. The van der Waals surface area contributed by atoms with E-state index in [0.717, 1.165) is 19.3 Å². The van der Waals surface area contributed by atoms with Crippen LogP contribution in [0.4, 0.5) is 8.78 Å². The van der Waals surface area contributed by atoms with Gasteiger partial charge in [-0.25, -0.2) is 8.78 Å². The predicted molar refractivity (Wildman–Crippen MR) is 86.1 cm³/mol. The third-order valence-corrected chi connectivity index (χ3v) is 5.38.